The van der Waals surface area contributed by atoms with Crippen LogP contribution in [0.1, 0.15) is 25.5 Å². The standard InChI is InChI=1S/C20H29N5O3S/c1-4-24-13-19(14(2)23-24)29(26,27)25-11-15-9-17(18(28-3)10-16(15)12-25)22-20-7-5-6-8-21-20/h5-8,13,15-18H,4,9-12H2,1-3H3,(H,21,22)/t15-,16+,17-,18-/m1/s1. The molecule has 1 saturated heterocycles. The van der Waals surface area contributed by atoms with E-state index in [4.69, 9.17) is 4.74 Å². The Morgan fingerprint density at radius 3 is 2.62 bits per heavy atom. The van der Waals surface area contributed by atoms with Crippen molar-refractivity contribution in [2.75, 3.05) is 25.5 Å². The van der Waals surface area contributed by atoms with Gasteiger partial charge in [0.15, 0.2) is 0 Å². The summed E-state index contributed by atoms with van der Waals surface area (Å²) in [5.41, 5.74) is 0.561. The number of anilines is 1. The van der Waals surface area contributed by atoms with Gasteiger partial charge in [0.05, 0.1) is 17.8 Å². The number of aromatic nitrogens is 3. The first kappa shape index (κ1) is 20.3. The van der Waals surface area contributed by atoms with E-state index >= 15 is 0 Å². The topological polar surface area (TPSA) is 89.4 Å². The van der Waals surface area contributed by atoms with Crippen molar-refractivity contribution in [3.8, 4) is 0 Å². The van der Waals surface area contributed by atoms with Crippen molar-refractivity contribution >= 4 is 15.8 Å². The van der Waals surface area contributed by atoms with E-state index in [1.54, 1.807) is 35.4 Å². The molecule has 4 atom stereocenters. The second kappa shape index (κ2) is 8.04. The largest absolute Gasteiger partial charge is 0.379 e. The van der Waals surface area contributed by atoms with Gasteiger partial charge in [0, 0.05) is 39.1 Å². The quantitative estimate of drug-likeness (QED) is 0.772. The lowest BCUT2D eigenvalue weighted by molar-refractivity contribution is 0.0305. The molecule has 0 spiro atoms. The predicted octanol–water partition coefficient (Wildman–Crippen LogP) is 2.13. The van der Waals surface area contributed by atoms with Gasteiger partial charge in [-0.05, 0) is 50.7 Å². The van der Waals surface area contributed by atoms with Crippen LogP contribution in [0, 0.1) is 18.8 Å². The molecule has 4 rings (SSSR count). The number of pyridine rings is 1. The number of ether oxygens (including phenoxy) is 1. The molecule has 29 heavy (non-hydrogen) atoms. The molecule has 1 N–H and O–H groups in total. The van der Waals surface area contributed by atoms with Gasteiger partial charge >= 0.3 is 0 Å². The fraction of sp³-hybridized carbons (Fsp3) is 0.600. The van der Waals surface area contributed by atoms with Crippen molar-refractivity contribution < 1.29 is 13.2 Å². The summed E-state index contributed by atoms with van der Waals surface area (Å²) in [6.45, 7) is 5.45. The van der Waals surface area contributed by atoms with Crippen molar-refractivity contribution in [1.82, 2.24) is 19.1 Å². The summed E-state index contributed by atoms with van der Waals surface area (Å²) >= 11 is 0. The van der Waals surface area contributed by atoms with Gasteiger partial charge in [-0.2, -0.15) is 9.40 Å². The van der Waals surface area contributed by atoms with Gasteiger partial charge in [0.25, 0.3) is 0 Å². The first-order chi connectivity index (χ1) is 13.9. The minimum Gasteiger partial charge on any atom is -0.379 e. The van der Waals surface area contributed by atoms with Gasteiger partial charge in [-0.3, -0.25) is 4.68 Å². The Balaban J connectivity index is 1.51. The zero-order valence-corrected chi connectivity index (χ0v) is 18.0. The molecule has 9 heteroatoms. The normalized spacial score (nSPS) is 27.7. The Morgan fingerprint density at radius 2 is 2.00 bits per heavy atom. The average molecular weight is 420 g/mol. The summed E-state index contributed by atoms with van der Waals surface area (Å²) in [5, 5.41) is 7.80. The van der Waals surface area contributed by atoms with Gasteiger partial charge in [-0.25, -0.2) is 13.4 Å². The molecule has 0 radical (unpaired) electrons. The molecule has 0 amide bonds. The van der Waals surface area contributed by atoms with Crippen molar-refractivity contribution in [3.63, 3.8) is 0 Å². The zero-order chi connectivity index (χ0) is 20.6. The molecule has 0 bridgehead atoms. The van der Waals surface area contributed by atoms with E-state index in [-0.39, 0.29) is 12.1 Å². The molecule has 3 heterocycles. The molecule has 2 fully saturated rings. The van der Waals surface area contributed by atoms with E-state index in [0.29, 0.717) is 42.1 Å². The van der Waals surface area contributed by atoms with Crippen LogP contribution in [0.3, 0.4) is 0 Å². The van der Waals surface area contributed by atoms with Crippen molar-refractivity contribution in [1.29, 1.82) is 0 Å². The summed E-state index contributed by atoms with van der Waals surface area (Å²) in [7, 11) is -1.81. The molecular formula is C20H29N5O3S. The summed E-state index contributed by atoms with van der Waals surface area (Å²) in [4.78, 5) is 4.68. The summed E-state index contributed by atoms with van der Waals surface area (Å²) in [6, 6.07) is 5.89. The highest BCUT2D eigenvalue weighted by Crippen LogP contribution is 2.40. The van der Waals surface area contributed by atoms with E-state index in [2.05, 4.69) is 15.4 Å². The number of rotatable bonds is 6. The third kappa shape index (κ3) is 3.91. The highest BCUT2D eigenvalue weighted by atomic mass is 32.2. The number of methoxy groups -OCH3 is 1. The lowest BCUT2D eigenvalue weighted by atomic mass is 9.77. The number of hydrogen-bond acceptors (Lipinski definition) is 6. The Labute approximate surface area is 172 Å². The Hall–Kier alpha value is -1.97. The third-order valence-corrected chi connectivity index (χ3v) is 8.16. The Kier molecular flexibility index (Phi) is 5.63. The number of hydrogen-bond donors (Lipinski definition) is 1. The van der Waals surface area contributed by atoms with Crippen LogP contribution in [0.2, 0.25) is 0 Å². The maximum Gasteiger partial charge on any atom is 0.246 e. The maximum atomic E-state index is 13.3. The second-order valence-corrected chi connectivity index (χ2v) is 9.89. The second-order valence-electron chi connectivity index (χ2n) is 7.99. The van der Waals surface area contributed by atoms with E-state index in [1.807, 2.05) is 25.1 Å². The van der Waals surface area contributed by atoms with Crippen LogP contribution in [-0.4, -0.2) is 59.8 Å². The average Bonchev–Trinajstić information content (AvgIpc) is 3.31. The highest BCUT2D eigenvalue weighted by molar-refractivity contribution is 7.89. The van der Waals surface area contributed by atoms with Crippen LogP contribution >= 0.6 is 0 Å². The smallest absolute Gasteiger partial charge is 0.246 e. The highest BCUT2D eigenvalue weighted by Gasteiger charge is 2.46. The zero-order valence-electron chi connectivity index (χ0n) is 17.2. The van der Waals surface area contributed by atoms with Gasteiger partial charge in [-0.15, -0.1) is 0 Å². The molecule has 158 valence electrons. The van der Waals surface area contributed by atoms with E-state index in [0.717, 1.165) is 18.7 Å². The molecule has 2 aliphatic rings. The summed E-state index contributed by atoms with van der Waals surface area (Å²) < 4.78 is 35.6. The van der Waals surface area contributed by atoms with E-state index in [1.165, 1.54) is 0 Å². The molecule has 2 aromatic rings. The van der Waals surface area contributed by atoms with Crippen molar-refractivity contribution in [2.24, 2.45) is 11.8 Å². The Bertz CT molecular complexity index is 946. The van der Waals surface area contributed by atoms with Gasteiger partial charge in [0.2, 0.25) is 10.0 Å². The molecule has 1 saturated carbocycles. The minimum absolute atomic E-state index is 0.0329. The molecule has 1 aliphatic carbocycles. The monoisotopic (exact) mass is 419 g/mol. The SMILES string of the molecule is CCn1cc(S(=O)(=O)N2C[C@H]3C[C@@H](Nc4ccccn4)[C@H](OC)C[C@H]3C2)c(C)n1. The van der Waals surface area contributed by atoms with E-state index < -0.39 is 10.0 Å². The van der Waals surface area contributed by atoms with Crippen LogP contribution < -0.4 is 5.32 Å². The van der Waals surface area contributed by atoms with Crippen LogP contribution in [0.4, 0.5) is 5.82 Å². The first-order valence-corrected chi connectivity index (χ1v) is 11.6. The van der Waals surface area contributed by atoms with Crippen LogP contribution in [0.15, 0.2) is 35.5 Å². The van der Waals surface area contributed by atoms with Crippen molar-refractivity contribution in [3.05, 3.63) is 36.3 Å². The van der Waals surface area contributed by atoms with Crippen molar-refractivity contribution in [2.45, 2.75) is 50.3 Å². The number of sulfonamides is 1. The Morgan fingerprint density at radius 1 is 1.24 bits per heavy atom. The number of nitrogens with one attached hydrogen (secondary N) is 1. The fourth-order valence-corrected chi connectivity index (χ4v) is 6.39. The van der Waals surface area contributed by atoms with Gasteiger partial charge < -0.3 is 10.1 Å². The fourth-order valence-electron chi connectivity index (χ4n) is 4.67. The van der Waals surface area contributed by atoms with Crippen LogP contribution in [0.5, 0.6) is 0 Å². The molecule has 0 aromatic carbocycles. The summed E-state index contributed by atoms with van der Waals surface area (Å²) in [6.07, 6.45) is 5.14. The summed E-state index contributed by atoms with van der Waals surface area (Å²) in [5.74, 6) is 1.43. The lowest BCUT2D eigenvalue weighted by Crippen LogP contribution is -2.44. The first-order valence-electron chi connectivity index (χ1n) is 10.2. The van der Waals surface area contributed by atoms with Crippen LogP contribution in [0.25, 0.3) is 0 Å². The number of nitrogens with zero attached hydrogens (tertiary/aromatic N) is 4. The maximum absolute atomic E-state index is 13.3. The molecule has 8 nitrogen and oxygen atoms in total. The van der Waals surface area contributed by atoms with Crippen LogP contribution in [-0.2, 0) is 21.3 Å². The van der Waals surface area contributed by atoms with E-state index in [9.17, 15) is 8.42 Å². The number of aryl methyl sites for hydroxylation is 2. The van der Waals surface area contributed by atoms with Gasteiger partial charge in [0.1, 0.15) is 10.7 Å². The minimum atomic E-state index is -3.54. The molecule has 1 aliphatic heterocycles. The number of fused-ring (bicyclic) bond motifs is 1. The molecular weight excluding hydrogens is 390 g/mol. The predicted molar refractivity (Wildman–Crippen MR) is 110 cm³/mol. The third-order valence-electron chi connectivity index (χ3n) is 6.23. The molecule has 0 unspecified atom stereocenters. The van der Waals surface area contributed by atoms with Gasteiger partial charge in [-0.1, -0.05) is 6.07 Å². The lowest BCUT2D eigenvalue weighted by Gasteiger charge is -2.37. The molecule has 2 aromatic heterocycles.